The molecule has 26 heavy (non-hydrogen) atoms. The van der Waals surface area contributed by atoms with Gasteiger partial charge in [0.2, 0.25) is 0 Å². The third-order valence-electron chi connectivity index (χ3n) is 3.88. The van der Waals surface area contributed by atoms with Crippen molar-refractivity contribution in [1.29, 1.82) is 0 Å². The van der Waals surface area contributed by atoms with Crippen molar-refractivity contribution in [2.24, 2.45) is 5.92 Å². The fourth-order valence-corrected chi connectivity index (χ4v) is 2.38. The molecular formula is C20H31NO5. The van der Waals surface area contributed by atoms with Crippen LogP contribution in [0.15, 0.2) is 24.3 Å². The molecule has 1 aromatic rings. The fraction of sp³-hybridized carbons (Fsp3) is 0.600. The lowest BCUT2D eigenvalue weighted by atomic mass is 10.0. The number of amides is 1. The van der Waals surface area contributed by atoms with Gasteiger partial charge in [-0.15, -0.1) is 0 Å². The summed E-state index contributed by atoms with van der Waals surface area (Å²) < 4.78 is 15.6. The van der Waals surface area contributed by atoms with Crippen molar-refractivity contribution in [3.05, 3.63) is 24.3 Å². The lowest BCUT2D eigenvalue weighted by Gasteiger charge is -2.16. The smallest absolute Gasteiger partial charge is 0.347 e. The standard InChI is InChI=1S/C20H31NO5/c1-14(2)7-6-8-15(3)21-19(22)13-25-20(23)16(4)26-18-11-9-17(24-5)10-12-18/h9-12,14-16H,6-8,13H2,1-5H3,(H,21,22). The largest absolute Gasteiger partial charge is 0.497 e. The summed E-state index contributed by atoms with van der Waals surface area (Å²) in [5, 5.41) is 2.84. The van der Waals surface area contributed by atoms with E-state index >= 15 is 0 Å². The van der Waals surface area contributed by atoms with Crippen LogP contribution in [0, 0.1) is 5.92 Å². The van der Waals surface area contributed by atoms with Crippen LogP contribution in [0.1, 0.15) is 47.0 Å². The molecule has 0 spiro atoms. The summed E-state index contributed by atoms with van der Waals surface area (Å²) in [6.45, 7) is 7.59. The Hall–Kier alpha value is -2.24. The first-order valence-corrected chi connectivity index (χ1v) is 9.08. The van der Waals surface area contributed by atoms with Gasteiger partial charge in [-0.25, -0.2) is 4.79 Å². The summed E-state index contributed by atoms with van der Waals surface area (Å²) in [6, 6.07) is 6.94. The molecule has 1 rings (SSSR count). The molecule has 0 aliphatic rings. The Labute approximate surface area is 156 Å². The molecule has 1 amide bonds. The Morgan fingerprint density at radius 3 is 2.19 bits per heavy atom. The monoisotopic (exact) mass is 365 g/mol. The van der Waals surface area contributed by atoms with Gasteiger partial charge in [0.25, 0.3) is 5.91 Å². The highest BCUT2D eigenvalue weighted by atomic mass is 16.6. The van der Waals surface area contributed by atoms with Crippen molar-refractivity contribution in [2.45, 2.75) is 59.1 Å². The molecule has 0 aromatic heterocycles. The molecule has 6 heteroatoms. The van der Waals surface area contributed by atoms with Crippen molar-refractivity contribution < 1.29 is 23.8 Å². The first-order chi connectivity index (χ1) is 12.3. The zero-order chi connectivity index (χ0) is 19.5. The zero-order valence-corrected chi connectivity index (χ0v) is 16.4. The predicted octanol–water partition coefficient (Wildman–Crippen LogP) is 3.34. The van der Waals surface area contributed by atoms with Gasteiger partial charge in [-0.05, 0) is 50.5 Å². The summed E-state index contributed by atoms with van der Waals surface area (Å²) in [7, 11) is 1.58. The number of benzene rings is 1. The number of hydrogen-bond donors (Lipinski definition) is 1. The second kappa shape index (κ2) is 11.4. The van der Waals surface area contributed by atoms with Crippen LogP contribution < -0.4 is 14.8 Å². The van der Waals surface area contributed by atoms with Crippen molar-refractivity contribution in [3.63, 3.8) is 0 Å². The first kappa shape index (κ1) is 21.8. The molecule has 6 nitrogen and oxygen atoms in total. The van der Waals surface area contributed by atoms with E-state index in [0.29, 0.717) is 17.4 Å². The number of esters is 1. The predicted molar refractivity (Wildman–Crippen MR) is 100 cm³/mol. The SMILES string of the molecule is COc1ccc(OC(C)C(=O)OCC(=O)NC(C)CCCC(C)C)cc1. The minimum absolute atomic E-state index is 0.0629. The minimum atomic E-state index is -0.806. The van der Waals surface area contributed by atoms with Gasteiger partial charge in [0.05, 0.1) is 7.11 Å². The maximum atomic E-state index is 12.0. The van der Waals surface area contributed by atoms with Gasteiger partial charge < -0.3 is 19.5 Å². The van der Waals surface area contributed by atoms with Gasteiger partial charge in [0, 0.05) is 6.04 Å². The van der Waals surface area contributed by atoms with Gasteiger partial charge in [0.15, 0.2) is 12.7 Å². The topological polar surface area (TPSA) is 73.9 Å². The summed E-state index contributed by atoms with van der Waals surface area (Å²) >= 11 is 0. The summed E-state index contributed by atoms with van der Waals surface area (Å²) in [5.41, 5.74) is 0. The van der Waals surface area contributed by atoms with Gasteiger partial charge in [-0.1, -0.05) is 26.7 Å². The van der Waals surface area contributed by atoms with E-state index < -0.39 is 12.1 Å². The van der Waals surface area contributed by atoms with Gasteiger partial charge in [-0.3, -0.25) is 4.79 Å². The zero-order valence-electron chi connectivity index (χ0n) is 16.4. The maximum absolute atomic E-state index is 12.0. The number of rotatable bonds is 11. The maximum Gasteiger partial charge on any atom is 0.347 e. The molecule has 1 N–H and O–H groups in total. The summed E-state index contributed by atoms with van der Waals surface area (Å²) in [5.74, 6) is 1.01. The number of carbonyl (C=O) groups is 2. The third-order valence-corrected chi connectivity index (χ3v) is 3.88. The van der Waals surface area contributed by atoms with E-state index in [2.05, 4.69) is 19.2 Å². The molecule has 0 aliphatic heterocycles. The van der Waals surface area contributed by atoms with Gasteiger partial charge in [-0.2, -0.15) is 0 Å². The van der Waals surface area contributed by atoms with Gasteiger partial charge >= 0.3 is 5.97 Å². The summed E-state index contributed by atoms with van der Waals surface area (Å²) in [4.78, 5) is 23.8. The molecule has 0 radical (unpaired) electrons. The van der Waals surface area contributed by atoms with Crippen molar-refractivity contribution in [1.82, 2.24) is 5.32 Å². The van der Waals surface area contributed by atoms with Crippen LogP contribution in [0.3, 0.4) is 0 Å². The molecule has 0 heterocycles. The lowest BCUT2D eigenvalue weighted by molar-refractivity contribution is -0.154. The molecule has 0 aliphatic carbocycles. The lowest BCUT2D eigenvalue weighted by Crippen LogP contribution is -2.37. The molecule has 0 bridgehead atoms. The second-order valence-electron chi connectivity index (χ2n) is 6.84. The quantitative estimate of drug-likeness (QED) is 0.609. The van der Waals surface area contributed by atoms with Gasteiger partial charge in [0.1, 0.15) is 11.5 Å². The van der Waals surface area contributed by atoms with E-state index in [1.165, 1.54) is 0 Å². The highest BCUT2D eigenvalue weighted by Crippen LogP contribution is 2.18. The minimum Gasteiger partial charge on any atom is -0.497 e. The number of nitrogens with one attached hydrogen (secondary N) is 1. The van der Waals surface area contributed by atoms with Crippen LogP contribution >= 0.6 is 0 Å². The third kappa shape index (κ3) is 8.74. The van der Waals surface area contributed by atoms with Crippen molar-refractivity contribution in [2.75, 3.05) is 13.7 Å². The van der Waals surface area contributed by atoms with Crippen molar-refractivity contribution >= 4 is 11.9 Å². The normalized spacial score (nSPS) is 13.0. The molecular weight excluding hydrogens is 334 g/mol. The average molecular weight is 365 g/mol. The molecule has 146 valence electrons. The molecule has 1 aromatic carbocycles. The van der Waals surface area contributed by atoms with Crippen LogP contribution in [-0.4, -0.2) is 37.7 Å². The van der Waals surface area contributed by atoms with Crippen LogP contribution in [0.25, 0.3) is 0 Å². The summed E-state index contributed by atoms with van der Waals surface area (Å²) in [6.07, 6.45) is 2.30. The molecule has 2 atom stereocenters. The highest BCUT2D eigenvalue weighted by Gasteiger charge is 2.18. The fourth-order valence-electron chi connectivity index (χ4n) is 2.38. The molecule has 0 fully saturated rings. The van der Waals surface area contributed by atoms with E-state index in [-0.39, 0.29) is 18.6 Å². The Bertz CT molecular complexity index is 556. The van der Waals surface area contributed by atoms with Crippen LogP contribution in [0.2, 0.25) is 0 Å². The van der Waals surface area contributed by atoms with E-state index in [1.807, 2.05) is 6.92 Å². The number of ether oxygens (including phenoxy) is 3. The van der Waals surface area contributed by atoms with E-state index in [1.54, 1.807) is 38.3 Å². The molecule has 2 unspecified atom stereocenters. The Morgan fingerprint density at radius 1 is 1.00 bits per heavy atom. The van der Waals surface area contributed by atoms with E-state index in [9.17, 15) is 9.59 Å². The average Bonchev–Trinajstić information content (AvgIpc) is 2.59. The Kier molecular flexibility index (Phi) is 9.55. The van der Waals surface area contributed by atoms with Crippen LogP contribution in [0.5, 0.6) is 11.5 Å². The Balaban J connectivity index is 2.29. The number of hydrogen-bond acceptors (Lipinski definition) is 5. The number of methoxy groups -OCH3 is 1. The van der Waals surface area contributed by atoms with E-state index in [0.717, 1.165) is 19.3 Å². The highest BCUT2D eigenvalue weighted by molar-refractivity contribution is 5.82. The van der Waals surface area contributed by atoms with E-state index in [4.69, 9.17) is 14.2 Å². The van der Waals surface area contributed by atoms with Crippen molar-refractivity contribution in [3.8, 4) is 11.5 Å². The van der Waals surface area contributed by atoms with Crippen LogP contribution in [0.4, 0.5) is 0 Å². The van der Waals surface area contributed by atoms with Crippen LogP contribution in [-0.2, 0) is 14.3 Å². The number of carbonyl (C=O) groups excluding carboxylic acids is 2. The Morgan fingerprint density at radius 2 is 1.62 bits per heavy atom. The molecule has 0 saturated heterocycles. The second-order valence-corrected chi connectivity index (χ2v) is 6.84. The first-order valence-electron chi connectivity index (χ1n) is 9.08. The molecule has 0 saturated carbocycles.